The smallest absolute Gasteiger partial charge is 0.253 e. The Hall–Kier alpha value is -2.29. The molecular formula is C18H22N2O. The minimum Gasteiger partial charge on any atom is -0.399 e. The van der Waals surface area contributed by atoms with Crippen LogP contribution >= 0.6 is 0 Å². The third kappa shape index (κ3) is 3.63. The van der Waals surface area contributed by atoms with E-state index in [1.165, 1.54) is 11.1 Å². The maximum Gasteiger partial charge on any atom is 0.253 e. The minimum absolute atomic E-state index is 0.00891. The first-order valence-electron chi connectivity index (χ1n) is 7.05. The molecule has 0 fully saturated rings. The number of rotatable bonds is 3. The van der Waals surface area contributed by atoms with Gasteiger partial charge in [-0.15, -0.1) is 0 Å². The Morgan fingerprint density at radius 3 is 2.38 bits per heavy atom. The van der Waals surface area contributed by atoms with Gasteiger partial charge >= 0.3 is 0 Å². The Kier molecular flexibility index (Phi) is 4.32. The Labute approximate surface area is 126 Å². The molecule has 3 nitrogen and oxygen atoms in total. The van der Waals surface area contributed by atoms with Crippen LogP contribution in [0, 0.1) is 20.8 Å². The Bertz CT molecular complexity index is 657. The van der Waals surface area contributed by atoms with Gasteiger partial charge in [0.05, 0.1) is 0 Å². The predicted octanol–water partition coefficient (Wildman–Crippen LogP) is 3.47. The van der Waals surface area contributed by atoms with Crippen molar-refractivity contribution in [1.29, 1.82) is 0 Å². The van der Waals surface area contributed by atoms with Gasteiger partial charge in [0.2, 0.25) is 0 Å². The van der Waals surface area contributed by atoms with E-state index in [1.807, 2.05) is 26.1 Å². The quantitative estimate of drug-likeness (QED) is 0.876. The normalized spacial score (nSPS) is 10.5. The van der Waals surface area contributed by atoms with Gasteiger partial charge in [0.25, 0.3) is 5.91 Å². The lowest BCUT2D eigenvalue weighted by molar-refractivity contribution is 0.0785. The zero-order valence-electron chi connectivity index (χ0n) is 13.1. The van der Waals surface area contributed by atoms with Crippen molar-refractivity contribution in [2.75, 3.05) is 12.8 Å². The van der Waals surface area contributed by atoms with E-state index in [2.05, 4.69) is 32.0 Å². The van der Waals surface area contributed by atoms with Gasteiger partial charge in [-0.05, 0) is 55.7 Å². The highest BCUT2D eigenvalue weighted by Gasteiger charge is 2.13. The van der Waals surface area contributed by atoms with E-state index in [0.717, 1.165) is 11.1 Å². The summed E-state index contributed by atoms with van der Waals surface area (Å²) >= 11 is 0. The van der Waals surface area contributed by atoms with Gasteiger partial charge in [-0.3, -0.25) is 4.79 Å². The fourth-order valence-corrected chi connectivity index (χ4v) is 2.51. The average molecular weight is 282 g/mol. The predicted molar refractivity (Wildman–Crippen MR) is 87.3 cm³/mol. The number of aryl methyl sites for hydroxylation is 3. The van der Waals surface area contributed by atoms with Crippen LogP contribution in [0.2, 0.25) is 0 Å². The average Bonchev–Trinajstić information content (AvgIpc) is 2.40. The van der Waals surface area contributed by atoms with Gasteiger partial charge in [-0.1, -0.05) is 23.8 Å². The van der Waals surface area contributed by atoms with Crippen LogP contribution in [-0.4, -0.2) is 17.9 Å². The molecule has 0 spiro atoms. The van der Waals surface area contributed by atoms with E-state index in [1.54, 1.807) is 11.0 Å². The number of nitrogens with zero attached hydrogens (tertiary/aromatic N) is 1. The molecule has 3 heteroatoms. The SMILES string of the molecule is Cc1cc(N)cc(C(=O)N(C)Cc2ccc(C)cc2C)c1. The molecule has 2 aromatic rings. The van der Waals surface area contributed by atoms with Crippen molar-refractivity contribution in [2.24, 2.45) is 0 Å². The summed E-state index contributed by atoms with van der Waals surface area (Å²) < 4.78 is 0. The maximum atomic E-state index is 12.5. The maximum absolute atomic E-state index is 12.5. The monoisotopic (exact) mass is 282 g/mol. The van der Waals surface area contributed by atoms with Crippen LogP contribution in [0.5, 0.6) is 0 Å². The number of carbonyl (C=O) groups excluding carboxylic acids is 1. The molecular weight excluding hydrogens is 260 g/mol. The molecule has 0 saturated heterocycles. The molecule has 0 radical (unpaired) electrons. The van der Waals surface area contributed by atoms with Crippen LogP contribution < -0.4 is 5.73 Å². The Balaban J connectivity index is 2.19. The lowest BCUT2D eigenvalue weighted by atomic mass is 10.0. The van der Waals surface area contributed by atoms with Crippen LogP contribution in [0.15, 0.2) is 36.4 Å². The van der Waals surface area contributed by atoms with E-state index in [9.17, 15) is 4.79 Å². The highest BCUT2D eigenvalue weighted by atomic mass is 16.2. The van der Waals surface area contributed by atoms with E-state index in [-0.39, 0.29) is 5.91 Å². The number of nitrogen functional groups attached to an aromatic ring is 1. The molecule has 2 aromatic carbocycles. The molecule has 0 saturated carbocycles. The summed E-state index contributed by atoms with van der Waals surface area (Å²) in [5, 5.41) is 0. The summed E-state index contributed by atoms with van der Waals surface area (Å²) in [5.74, 6) is -0.00891. The van der Waals surface area contributed by atoms with Crippen molar-refractivity contribution >= 4 is 11.6 Å². The van der Waals surface area contributed by atoms with Crippen LogP contribution in [0.3, 0.4) is 0 Å². The Morgan fingerprint density at radius 1 is 1.05 bits per heavy atom. The minimum atomic E-state index is -0.00891. The highest BCUT2D eigenvalue weighted by molar-refractivity contribution is 5.95. The van der Waals surface area contributed by atoms with Gasteiger partial charge in [0.15, 0.2) is 0 Å². The number of benzene rings is 2. The summed E-state index contributed by atoms with van der Waals surface area (Å²) in [6.45, 7) is 6.68. The number of carbonyl (C=O) groups is 1. The van der Waals surface area contributed by atoms with Gasteiger partial charge in [-0.2, -0.15) is 0 Å². The first-order chi connectivity index (χ1) is 9.86. The van der Waals surface area contributed by atoms with Crippen LogP contribution in [0.4, 0.5) is 5.69 Å². The van der Waals surface area contributed by atoms with Crippen LogP contribution in [0.25, 0.3) is 0 Å². The topological polar surface area (TPSA) is 46.3 Å². The lowest BCUT2D eigenvalue weighted by Gasteiger charge is -2.19. The molecule has 0 aromatic heterocycles. The van der Waals surface area contributed by atoms with E-state index >= 15 is 0 Å². The zero-order valence-corrected chi connectivity index (χ0v) is 13.1. The van der Waals surface area contributed by atoms with E-state index < -0.39 is 0 Å². The lowest BCUT2D eigenvalue weighted by Crippen LogP contribution is -2.26. The zero-order chi connectivity index (χ0) is 15.6. The number of hydrogen-bond acceptors (Lipinski definition) is 2. The molecule has 1 amide bonds. The van der Waals surface area contributed by atoms with Crippen molar-refractivity contribution in [3.63, 3.8) is 0 Å². The molecule has 2 N–H and O–H groups in total. The molecule has 0 bridgehead atoms. The molecule has 0 aliphatic carbocycles. The largest absolute Gasteiger partial charge is 0.399 e. The number of hydrogen-bond donors (Lipinski definition) is 1. The molecule has 0 atom stereocenters. The van der Waals surface area contributed by atoms with Gasteiger partial charge in [-0.25, -0.2) is 0 Å². The second-order valence-electron chi connectivity index (χ2n) is 5.72. The summed E-state index contributed by atoms with van der Waals surface area (Å²) in [4.78, 5) is 14.2. The third-order valence-corrected chi connectivity index (χ3v) is 3.60. The fraction of sp³-hybridized carbons (Fsp3) is 0.278. The van der Waals surface area contributed by atoms with Crippen LogP contribution in [0.1, 0.15) is 32.6 Å². The summed E-state index contributed by atoms with van der Waals surface area (Å²) in [6, 6.07) is 11.8. The molecule has 21 heavy (non-hydrogen) atoms. The van der Waals surface area contributed by atoms with E-state index in [4.69, 9.17) is 5.73 Å². The number of amides is 1. The molecule has 0 heterocycles. The molecule has 2 rings (SSSR count). The number of nitrogens with two attached hydrogens (primary N) is 1. The van der Waals surface area contributed by atoms with Crippen molar-refractivity contribution in [1.82, 2.24) is 4.90 Å². The first kappa shape index (κ1) is 15.1. The standard InChI is InChI=1S/C18H22N2O/c1-12-5-6-15(14(3)7-12)11-20(4)18(21)16-8-13(2)9-17(19)10-16/h5-10H,11,19H2,1-4H3. The van der Waals surface area contributed by atoms with Gasteiger partial charge in [0.1, 0.15) is 0 Å². The van der Waals surface area contributed by atoms with Gasteiger partial charge < -0.3 is 10.6 Å². The van der Waals surface area contributed by atoms with E-state index in [0.29, 0.717) is 17.8 Å². The molecule has 110 valence electrons. The third-order valence-electron chi connectivity index (χ3n) is 3.60. The van der Waals surface area contributed by atoms with Crippen LogP contribution in [-0.2, 0) is 6.54 Å². The van der Waals surface area contributed by atoms with Crippen molar-refractivity contribution < 1.29 is 4.79 Å². The van der Waals surface area contributed by atoms with Gasteiger partial charge in [0, 0.05) is 24.8 Å². The van der Waals surface area contributed by atoms with Crippen molar-refractivity contribution in [2.45, 2.75) is 27.3 Å². The molecule has 0 aliphatic rings. The van der Waals surface area contributed by atoms with Crippen molar-refractivity contribution in [3.05, 3.63) is 64.2 Å². The highest BCUT2D eigenvalue weighted by Crippen LogP contribution is 2.16. The molecule has 0 unspecified atom stereocenters. The summed E-state index contributed by atoms with van der Waals surface area (Å²) in [5.41, 5.74) is 11.7. The Morgan fingerprint density at radius 2 is 1.76 bits per heavy atom. The van der Waals surface area contributed by atoms with Crippen molar-refractivity contribution in [3.8, 4) is 0 Å². The molecule has 0 aliphatic heterocycles. The second kappa shape index (κ2) is 6.00. The summed E-state index contributed by atoms with van der Waals surface area (Å²) in [6.07, 6.45) is 0. The second-order valence-corrected chi connectivity index (χ2v) is 5.72. The number of anilines is 1. The summed E-state index contributed by atoms with van der Waals surface area (Å²) in [7, 11) is 1.82. The first-order valence-corrected chi connectivity index (χ1v) is 7.05. The fourth-order valence-electron chi connectivity index (χ4n) is 2.51.